The van der Waals surface area contributed by atoms with E-state index in [9.17, 15) is 14.4 Å². The van der Waals surface area contributed by atoms with Crippen LogP contribution in [-0.2, 0) is 4.79 Å². The first-order valence-corrected chi connectivity index (χ1v) is 6.35. The number of fused-ring (bicyclic) bond motifs is 1. The Bertz CT molecular complexity index is 590. The van der Waals surface area contributed by atoms with Crippen molar-refractivity contribution in [2.24, 2.45) is 5.92 Å². The Morgan fingerprint density at radius 2 is 1.89 bits per heavy atom. The van der Waals surface area contributed by atoms with Gasteiger partial charge in [-0.25, -0.2) is 0 Å². The number of hydrogen-bond acceptors (Lipinski definition) is 3. The predicted octanol–water partition coefficient (Wildman–Crippen LogP) is 1.65. The van der Waals surface area contributed by atoms with Crippen LogP contribution in [-0.4, -0.2) is 29.7 Å². The molecule has 1 aromatic rings. The fourth-order valence-corrected chi connectivity index (χ4v) is 2.35. The molecule has 0 atom stereocenters. The highest BCUT2D eigenvalue weighted by atomic mass is 16.2. The van der Waals surface area contributed by atoms with Gasteiger partial charge in [0.05, 0.1) is 11.1 Å². The van der Waals surface area contributed by atoms with Crippen LogP contribution in [0.5, 0.6) is 0 Å². The van der Waals surface area contributed by atoms with Gasteiger partial charge in [-0.2, -0.15) is 0 Å². The molecule has 1 fully saturated rings. The minimum Gasteiger partial charge on any atom is -0.326 e. The van der Waals surface area contributed by atoms with Crippen LogP contribution < -0.4 is 5.32 Å². The van der Waals surface area contributed by atoms with Crippen LogP contribution in [0, 0.1) is 5.92 Å². The van der Waals surface area contributed by atoms with E-state index in [1.807, 2.05) is 0 Å². The smallest absolute Gasteiger partial charge is 0.261 e. The molecule has 1 aliphatic carbocycles. The maximum atomic E-state index is 11.8. The zero-order chi connectivity index (χ0) is 13.6. The van der Waals surface area contributed by atoms with E-state index in [1.165, 1.54) is 7.05 Å². The second-order valence-corrected chi connectivity index (χ2v) is 5.05. The number of carbonyl (C=O) groups excluding carboxylic acids is 3. The summed E-state index contributed by atoms with van der Waals surface area (Å²) in [6.07, 6.45) is 2.95. The summed E-state index contributed by atoms with van der Waals surface area (Å²) in [5.41, 5.74) is 1.33. The molecule has 1 N–H and O–H groups in total. The zero-order valence-electron chi connectivity index (χ0n) is 10.6. The largest absolute Gasteiger partial charge is 0.326 e. The average molecular weight is 258 g/mol. The second kappa shape index (κ2) is 4.19. The molecular weight excluding hydrogens is 244 g/mol. The molecule has 0 unspecified atom stereocenters. The first kappa shape index (κ1) is 11.9. The molecule has 1 aromatic carbocycles. The van der Waals surface area contributed by atoms with E-state index < -0.39 is 0 Å². The third-order valence-corrected chi connectivity index (χ3v) is 3.83. The van der Waals surface area contributed by atoms with Gasteiger partial charge in [0.2, 0.25) is 5.91 Å². The Labute approximate surface area is 110 Å². The standard InChI is InChI=1S/C14H14N2O3/c1-16-13(18)10-6-5-9(7-11(10)14(16)19)15-12(17)8-3-2-4-8/h5-8H,2-4H2,1H3,(H,15,17). The molecular formula is C14H14N2O3. The Morgan fingerprint density at radius 3 is 2.53 bits per heavy atom. The van der Waals surface area contributed by atoms with Gasteiger partial charge in [0.25, 0.3) is 11.8 Å². The molecule has 3 rings (SSSR count). The van der Waals surface area contributed by atoms with Crippen molar-refractivity contribution in [1.29, 1.82) is 0 Å². The third-order valence-electron chi connectivity index (χ3n) is 3.83. The molecule has 5 nitrogen and oxygen atoms in total. The molecule has 1 saturated carbocycles. The lowest BCUT2D eigenvalue weighted by Gasteiger charge is -2.24. The van der Waals surface area contributed by atoms with E-state index in [2.05, 4.69) is 5.32 Å². The summed E-state index contributed by atoms with van der Waals surface area (Å²) < 4.78 is 0. The van der Waals surface area contributed by atoms with Gasteiger partial charge < -0.3 is 5.32 Å². The van der Waals surface area contributed by atoms with Crippen molar-refractivity contribution in [2.75, 3.05) is 12.4 Å². The van der Waals surface area contributed by atoms with Crippen LogP contribution in [0.25, 0.3) is 0 Å². The SMILES string of the molecule is CN1C(=O)c2ccc(NC(=O)C3CCC3)cc2C1=O. The Balaban J connectivity index is 1.84. The van der Waals surface area contributed by atoms with E-state index in [0.29, 0.717) is 16.8 Å². The van der Waals surface area contributed by atoms with Crippen LogP contribution >= 0.6 is 0 Å². The third kappa shape index (κ3) is 1.82. The summed E-state index contributed by atoms with van der Waals surface area (Å²) in [6.45, 7) is 0. The van der Waals surface area contributed by atoms with Crippen LogP contribution in [0.2, 0.25) is 0 Å². The van der Waals surface area contributed by atoms with Crippen molar-refractivity contribution in [3.8, 4) is 0 Å². The van der Waals surface area contributed by atoms with Crippen LogP contribution in [0.15, 0.2) is 18.2 Å². The Kier molecular flexibility index (Phi) is 2.62. The molecule has 0 radical (unpaired) electrons. The van der Waals surface area contributed by atoms with Gasteiger partial charge in [0, 0.05) is 18.7 Å². The van der Waals surface area contributed by atoms with Crippen molar-refractivity contribution in [1.82, 2.24) is 4.90 Å². The van der Waals surface area contributed by atoms with Gasteiger partial charge in [0.1, 0.15) is 0 Å². The van der Waals surface area contributed by atoms with E-state index >= 15 is 0 Å². The topological polar surface area (TPSA) is 66.5 Å². The van der Waals surface area contributed by atoms with Gasteiger partial charge in [0.15, 0.2) is 0 Å². The van der Waals surface area contributed by atoms with Crippen molar-refractivity contribution < 1.29 is 14.4 Å². The summed E-state index contributed by atoms with van der Waals surface area (Å²) in [6, 6.07) is 4.84. The molecule has 1 heterocycles. The summed E-state index contributed by atoms with van der Waals surface area (Å²) in [7, 11) is 1.46. The fourth-order valence-electron chi connectivity index (χ4n) is 2.35. The predicted molar refractivity (Wildman–Crippen MR) is 68.8 cm³/mol. The Morgan fingerprint density at radius 1 is 1.21 bits per heavy atom. The number of carbonyl (C=O) groups is 3. The molecule has 0 saturated heterocycles. The number of imide groups is 1. The van der Waals surface area contributed by atoms with Crippen molar-refractivity contribution in [3.05, 3.63) is 29.3 Å². The van der Waals surface area contributed by atoms with Gasteiger partial charge >= 0.3 is 0 Å². The number of nitrogens with one attached hydrogen (secondary N) is 1. The lowest BCUT2D eigenvalue weighted by molar-refractivity contribution is -0.122. The van der Waals surface area contributed by atoms with Crippen molar-refractivity contribution in [3.63, 3.8) is 0 Å². The highest BCUT2D eigenvalue weighted by Gasteiger charge is 2.33. The molecule has 5 heteroatoms. The normalized spacial score (nSPS) is 18.3. The van der Waals surface area contributed by atoms with Crippen LogP contribution in [0.3, 0.4) is 0 Å². The minimum atomic E-state index is -0.320. The molecule has 0 spiro atoms. The van der Waals surface area contributed by atoms with E-state index in [1.54, 1.807) is 18.2 Å². The first-order chi connectivity index (χ1) is 9.08. The quantitative estimate of drug-likeness (QED) is 0.820. The number of amides is 3. The Hall–Kier alpha value is -2.17. The fraction of sp³-hybridized carbons (Fsp3) is 0.357. The highest BCUT2D eigenvalue weighted by molar-refractivity contribution is 6.21. The molecule has 0 bridgehead atoms. The van der Waals surface area contributed by atoms with E-state index in [-0.39, 0.29) is 23.6 Å². The van der Waals surface area contributed by atoms with Crippen LogP contribution in [0.1, 0.15) is 40.0 Å². The summed E-state index contributed by atoms with van der Waals surface area (Å²) in [4.78, 5) is 36.5. The maximum Gasteiger partial charge on any atom is 0.261 e. The highest BCUT2D eigenvalue weighted by Crippen LogP contribution is 2.29. The lowest BCUT2D eigenvalue weighted by atomic mass is 9.85. The number of anilines is 1. The molecule has 3 amide bonds. The van der Waals surface area contributed by atoms with Gasteiger partial charge in [-0.3, -0.25) is 19.3 Å². The van der Waals surface area contributed by atoms with E-state index in [4.69, 9.17) is 0 Å². The summed E-state index contributed by atoms with van der Waals surface area (Å²) in [5.74, 6) is -0.527. The van der Waals surface area contributed by atoms with Crippen molar-refractivity contribution in [2.45, 2.75) is 19.3 Å². The minimum absolute atomic E-state index is 0.00340. The van der Waals surface area contributed by atoms with Crippen molar-refractivity contribution >= 4 is 23.4 Å². The first-order valence-electron chi connectivity index (χ1n) is 6.35. The van der Waals surface area contributed by atoms with Gasteiger partial charge in [-0.15, -0.1) is 0 Å². The maximum absolute atomic E-state index is 11.8. The second-order valence-electron chi connectivity index (χ2n) is 5.05. The zero-order valence-corrected chi connectivity index (χ0v) is 10.6. The van der Waals surface area contributed by atoms with Gasteiger partial charge in [-0.1, -0.05) is 6.42 Å². The average Bonchev–Trinajstić information content (AvgIpc) is 2.52. The summed E-state index contributed by atoms with van der Waals surface area (Å²) in [5, 5.41) is 2.80. The molecule has 2 aliphatic rings. The number of hydrogen-bond donors (Lipinski definition) is 1. The summed E-state index contributed by atoms with van der Waals surface area (Å²) >= 11 is 0. The lowest BCUT2D eigenvalue weighted by Crippen LogP contribution is -2.28. The molecule has 98 valence electrons. The van der Waals surface area contributed by atoms with Crippen LogP contribution in [0.4, 0.5) is 5.69 Å². The molecule has 19 heavy (non-hydrogen) atoms. The van der Waals surface area contributed by atoms with E-state index in [0.717, 1.165) is 24.2 Å². The molecule has 1 aliphatic heterocycles. The molecule has 0 aromatic heterocycles. The number of rotatable bonds is 2. The number of benzene rings is 1. The van der Waals surface area contributed by atoms with Gasteiger partial charge in [-0.05, 0) is 31.0 Å². The number of nitrogens with zero attached hydrogens (tertiary/aromatic N) is 1. The monoisotopic (exact) mass is 258 g/mol.